The largest absolute Gasteiger partial charge is 0.396 e. The lowest BCUT2D eigenvalue weighted by molar-refractivity contribution is -0.134. The normalized spacial score (nSPS) is 19.8. The van der Waals surface area contributed by atoms with Crippen LogP contribution in [0.3, 0.4) is 0 Å². The second kappa shape index (κ2) is 6.86. The van der Waals surface area contributed by atoms with Gasteiger partial charge in [0, 0.05) is 39.8 Å². The van der Waals surface area contributed by atoms with E-state index in [-0.39, 0.29) is 18.4 Å². The summed E-state index contributed by atoms with van der Waals surface area (Å²) in [7, 11) is 1.66. The molecule has 16 heavy (non-hydrogen) atoms. The highest BCUT2D eigenvalue weighted by molar-refractivity contribution is 5.76. The summed E-state index contributed by atoms with van der Waals surface area (Å²) in [5.41, 5.74) is 0. The fourth-order valence-electron chi connectivity index (χ4n) is 2.14. The van der Waals surface area contributed by atoms with Crippen molar-refractivity contribution in [3.8, 4) is 0 Å². The van der Waals surface area contributed by atoms with Crippen LogP contribution in [0.5, 0.6) is 0 Å². The van der Waals surface area contributed by atoms with Gasteiger partial charge in [-0.15, -0.1) is 0 Å². The van der Waals surface area contributed by atoms with Crippen molar-refractivity contribution in [2.75, 3.05) is 33.4 Å². The van der Waals surface area contributed by atoms with Gasteiger partial charge in [0.15, 0.2) is 0 Å². The van der Waals surface area contributed by atoms with Gasteiger partial charge in [-0.05, 0) is 24.7 Å². The monoisotopic (exact) mass is 229 g/mol. The summed E-state index contributed by atoms with van der Waals surface area (Å²) in [6.07, 6.45) is 2.43. The third-order valence-corrected chi connectivity index (χ3v) is 3.20. The molecule has 0 aromatic carbocycles. The van der Waals surface area contributed by atoms with Gasteiger partial charge in [0.05, 0.1) is 0 Å². The smallest absolute Gasteiger partial charge is 0.222 e. The first-order valence-electron chi connectivity index (χ1n) is 6.05. The fourth-order valence-corrected chi connectivity index (χ4v) is 2.14. The molecule has 94 valence electrons. The lowest BCUT2D eigenvalue weighted by Crippen LogP contribution is -2.40. The number of nitrogens with zero attached hydrogens (tertiary/aromatic N) is 1. The summed E-state index contributed by atoms with van der Waals surface area (Å²) >= 11 is 0. The van der Waals surface area contributed by atoms with E-state index in [9.17, 15) is 4.79 Å². The van der Waals surface area contributed by atoms with Crippen molar-refractivity contribution in [1.29, 1.82) is 0 Å². The Hall–Kier alpha value is -0.610. The average Bonchev–Trinajstić information content (AvgIpc) is 2.29. The Morgan fingerprint density at radius 2 is 2.12 bits per heavy atom. The van der Waals surface area contributed by atoms with Gasteiger partial charge in [0.25, 0.3) is 0 Å². The number of likely N-dealkylation sites (tertiary alicyclic amines) is 1. The minimum absolute atomic E-state index is 0.223. The van der Waals surface area contributed by atoms with Crippen LogP contribution in [0.25, 0.3) is 0 Å². The van der Waals surface area contributed by atoms with Gasteiger partial charge < -0.3 is 14.7 Å². The average molecular weight is 229 g/mol. The van der Waals surface area contributed by atoms with Crippen LogP contribution >= 0.6 is 0 Å². The molecule has 0 aliphatic carbocycles. The quantitative estimate of drug-likeness (QED) is 0.761. The number of aliphatic hydroxyl groups excluding tert-OH is 1. The first kappa shape index (κ1) is 13.5. The molecule has 0 spiro atoms. The SMILES string of the molecule is COCC(C)CC(=O)N1CCC(CO)CC1. The molecule has 0 bridgehead atoms. The lowest BCUT2D eigenvalue weighted by Gasteiger charge is -2.31. The summed E-state index contributed by atoms with van der Waals surface area (Å²) in [6.45, 7) is 4.51. The highest BCUT2D eigenvalue weighted by Gasteiger charge is 2.23. The number of piperidine rings is 1. The van der Waals surface area contributed by atoms with E-state index < -0.39 is 0 Å². The zero-order valence-electron chi connectivity index (χ0n) is 10.3. The summed E-state index contributed by atoms with van der Waals surface area (Å²) in [4.78, 5) is 13.8. The highest BCUT2D eigenvalue weighted by Crippen LogP contribution is 2.18. The third-order valence-electron chi connectivity index (χ3n) is 3.20. The van der Waals surface area contributed by atoms with E-state index >= 15 is 0 Å². The molecule has 1 N–H and O–H groups in total. The molecule has 1 unspecified atom stereocenters. The van der Waals surface area contributed by atoms with Crippen LogP contribution in [0.2, 0.25) is 0 Å². The van der Waals surface area contributed by atoms with Crippen molar-refractivity contribution in [3.63, 3.8) is 0 Å². The molecule has 0 aromatic heterocycles. The van der Waals surface area contributed by atoms with Crippen molar-refractivity contribution in [3.05, 3.63) is 0 Å². The Balaban J connectivity index is 2.27. The van der Waals surface area contributed by atoms with Crippen LogP contribution in [-0.4, -0.2) is 49.3 Å². The number of methoxy groups -OCH3 is 1. The van der Waals surface area contributed by atoms with E-state index in [0.29, 0.717) is 18.9 Å². The van der Waals surface area contributed by atoms with Crippen molar-refractivity contribution in [2.24, 2.45) is 11.8 Å². The minimum Gasteiger partial charge on any atom is -0.396 e. The predicted octanol–water partition coefficient (Wildman–Crippen LogP) is 0.890. The van der Waals surface area contributed by atoms with Crippen LogP contribution in [0.15, 0.2) is 0 Å². The van der Waals surface area contributed by atoms with Crippen LogP contribution in [0.1, 0.15) is 26.2 Å². The second-order valence-electron chi connectivity index (χ2n) is 4.77. The zero-order valence-corrected chi connectivity index (χ0v) is 10.3. The molecule has 1 atom stereocenters. The maximum absolute atomic E-state index is 11.9. The van der Waals surface area contributed by atoms with Gasteiger partial charge in [-0.25, -0.2) is 0 Å². The van der Waals surface area contributed by atoms with Crippen molar-refractivity contribution in [2.45, 2.75) is 26.2 Å². The minimum atomic E-state index is 0.223. The van der Waals surface area contributed by atoms with Crippen LogP contribution in [0, 0.1) is 11.8 Å². The highest BCUT2D eigenvalue weighted by atomic mass is 16.5. The Bertz CT molecular complexity index is 212. The van der Waals surface area contributed by atoms with Crippen LogP contribution in [0.4, 0.5) is 0 Å². The summed E-state index contributed by atoms with van der Waals surface area (Å²) in [5.74, 6) is 0.898. The van der Waals surface area contributed by atoms with Gasteiger partial charge in [-0.3, -0.25) is 4.79 Å². The Morgan fingerprint density at radius 1 is 1.50 bits per heavy atom. The molecular weight excluding hydrogens is 206 g/mol. The van der Waals surface area contributed by atoms with E-state index in [2.05, 4.69) is 0 Å². The van der Waals surface area contributed by atoms with Crippen molar-refractivity contribution >= 4 is 5.91 Å². The number of hydrogen-bond acceptors (Lipinski definition) is 3. The standard InChI is InChI=1S/C12H23NO3/c1-10(9-16-2)7-12(15)13-5-3-11(8-14)4-6-13/h10-11,14H,3-9H2,1-2H3. The third kappa shape index (κ3) is 4.10. The topological polar surface area (TPSA) is 49.8 Å². The van der Waals surface area contributed by atoms with E-state index in [4.69, 9.17) is 9.84 Å². The number of carbonyl (C=O) groups excluding carboxylic acids is 1. The molecule has 4 heteroatoms. The molecule has 1 aliphatic heterocycles. The molecule has 1 saturated heterocycles. The van der Waals surface area contributed by atoms with E-state index in [1.54, 1.807) is 7.11 Å². The molecule has 4 nitrogen and oxygen atoms in total. The number of hydrogen-bond donors (Lipinski definition) is 1. The fraction of sp³-hybridized carbons (Fsp3) is 0.917. The molecule has 0 radical (unpaired) electrons. The van der Waals surface area contributed by atoms with Gasteiger partial charge in [0.1, 0.15) is 0 Å². The predicted molar refractivity (Wildman–Crippen MR) is 62.0 cm³/mol. The van der Waals surface area contributed by atoms with Crippen LogP contribution in [-0.2, 0) is 9.53 Å². The molecule has 1 aliphatic rings. The molecular formula is C12H23NO3. The maximum atomic E-state index is 11.9. The Kier molecular flexibility index (Phi) is 5.77. The molecule has 0 aromatic rings. The Morgan fingerprint density at radius 3 is 2.62 bits per heavy atom. The molecule has 0 saturated carbocycles. The summed E-state index contributed by atoms with van der Waals surface area (Å²) in [6, 6.07) is 0. The zero-order chi connectivity index (χ0) is 12.0. The molecule has 1 amide bonds. The van der Waals surface area contributed by atoms with Crippen LogP contribution < -0.4 is 0 Å². The summed E-state index contributed by atoms with van der Waals surface area (Å²) < 4.78 is 5.02. The van der Waals surface area contributed by atoms with Crippen molar-refractivity contribution in [1.82, 2.24) is 4.90 Å². The number of aliphatic hydroxyl groups is 1. The second-order valence-corrected chi connectivity index (χ2v) is 4.77. The van der Waals surface area contributed by atoms with Crippen molar-refractivity contribution < 1.29 is 14.6 Å². The Labute approximate surface area is 97.6 Å². The summed E-state index contributed by atoms with van der Waals surface area (Å²) in [5, 5.41) is 9.01. The van der Waals surface area contributed by atoms with Gasteiger partial charge in [0.2, 0.25) is 5.91 Å². The first-order chi connectivity index (χ1) is 7.67. The molecule has 1 fully saturated rings. The van der Waals surface area contributed by atoms with E-state index in [1.165, 1.54) is 0 Å². The van der Waals surface area contributed by atoms with E-state index in [0.717, 1.165) is 25.9 Å². The molecule has 1 rings (SSSR count). The number of amides is 1. The van der Waals surface area contributed by atoms with E-state index in [1.807, 2.05) is 11.8 Å². The number of carbonyl (C=O) groups is 1. The van der Waals surface area contributed by atoms with Gasteiger partial charge in [-0.1, -0.05) is 6.92 Å². The van der Waals surface area contributed by atoms with Gasteiger partial charge >= 0.3 is 0 Å². The molecule has 1 heterocycles. The van der Waals surface area contributed by atoms with Gasteiger partial charge in [-0.2, -0.15) is 0 Å². The first-order valence-corrected chi connectivity index (χ1v) is 6.05. The lowest BCUT2D eigenvalue weighted by atomic mass is 9.97. The maximum Gasteiger partial charge on any atom is 0.222 e. The number of ether oxygens (including phenoxy) is 1. The number of rotatable bonds is 5.